The van der Waals surface area contributed by atoms with Crippen molar-refractivity contribution in [2.75, 3.05) is 0 Å². The Balaban J connectivity index is 1.89. The predicted octanol–water partition coefficient (Wildman–Crippen LogP) is 6.78. The van der Waals surface area contributed by atoms with Gasteiger partial charge in [0.15, 0.2) is 6.20 Å². The van der Waals surface area contributed by atoms with E-state index in [1.165, 1.54) is 80.2 Å². The van der Waals surface area contributed by atoms with Crippen LogP contribution in [0, 0.1) is 6.92 Å². The summed E-state index contributed by atoms with van der Waals surface area (Å²) in [4.78, 5) is 0. The molecule has 1 aliphatic rings. The summed E-state index contributed by atoms with van der Waals surface area (Å²) in [7, 11) is 2.19. The average molecular weight is 390 g/mol. The molecule has 7 rings (SSSR count). The fraction of sp³-hybridized carbons (Fsp3) is 0.250. The summed E-state index contributed by atoms with van der Waals surface area (Å²) >= 11 is 0. The van der Waals surface area contributed by atoms with E-state index in [1.807, 2.05) is 0 Å². The van der Waals surface area contributed by atoms with E-state index in [-0.39, 0.29) is 0 Å². The summed E-state index contributed by atoms with van der Waals surface area (Å²) in [6.07, 6.45) is 7.61. The molecular formula is C28H25N2+. The molecule has 1 saturated carbocycles. The number of fused-ring (bicyclic) bond motifs is 6. The van der Waals surface area contributed by atoms with Crippen LogP contribution in [0.15, 0.2) is 60.8 Å². The van der Waals surface area contributed by atoms with Crippen molar-refractivity contribution < 1.29 is 4.57 Å². The highest BCUT2D eigenvalue weighted by Crippen LogP contribution is 2.46. The first-order chi connectivity index (χ1) is 14.7. The molecule has 6 aromatic rings. The van der Waals surface area contributed by atoms with Crippen molar-refractivity contribution in [1.29, 1.82) is 0 Å². The second-order valence-corrected chi connectivity index (χ2v) is 9.23. The fourth-order valence-corrected chi connectivity index (χ4v) is 6.30. The summed E-state index contributed by atoms with van der Waals surface area (Å²) in [5.74, 6) is 0.685. The maximum absolute atomic E-state index is 2.56. The third-order valence-corrected chi connectivity index (χ3v) is 7.59. The van der Waals surface area contributed by atoms with Gasteiger partial charge in [-0.2, -0.15) is 0 Å². The van der Waals surface area contributed by atoms with Gasteiger partial charge in [0.25, 0.3) is 0 Å². The Morgan fingerprint density at radius 3 is 2.53 bits per heavy atom. The molecule has 2 nitrogen and oxygen atoms in total. The Labute approximate surface area is 175 Å². The van der Waals surface area contributed by atoms with Gasteiger partial charge in [0.2, 0.25) is 5.52 Å². The van der Waals surface area contributed by atoms with Gasteiger partial charge in [0.05, 0.1) is 27.3 Å². The van der Waals surface area contributed by atoms with Gasteiger partial charge in [-0.05, 0) is 60.4 Å². The Morgan fingerprint density at radius 1 is 0.867 bits per heavy atom. The highest BCUT2D eigenvalue weighted by atomic mass is 15.0. The van der Waals surface area contributed by atoms with Crippen molar-refractivity contribution in [3.05, 3.63) is 71.9 Å². The van der Waals surface area contributed by atoms with Gasteiger partial charge < -0.3 is 4.40 Å². The minimum absolute atomic E-state index is 0.685. The number of benzene rings is 3. The number of para-hydroxylation sites is 1. The molecule has 30 heavy (non-hydrogen) atoms. The smallest absolute Gasteiger partial charge is 0.224 e. The molecule has 0 unspecified atom stereocenters. The molecule has 0 atom stereocenters. The maximum atomic E-state index is 2.56. The van der Waals surface area contributed by atoms with Crippen molar-refractivity contribution in [2.45, 2.75) is 38.5 Å². The monoisotopic (exact) mass is 389 g/mol. The van der Waals surface area contributed by atoms with Gasteiger partial charge >= 0.3 is 0 Å². The average Bonchev–Trinajstić information content (AvgIpc) is 3.41. The summed E-state index contributed by atoms with van der Waals surface area (Å²) in [6.45, 7) is 2.25. The van der Waals surface area contributed by atoms with Crippen molar-refractivity contribution >= 4 is 49.0 Å². The van der Waals surface area contributed by atoms with E-state index < -0.39 is 0 Å². The maximum Gasteiger partial charge on any atom is 0.224 e. The van der Waals surface area contributed by atoms with Crippen molar-refractivity contribution in [3.63, 3.8) is 0 Å². The van der Waals surface area contributed by atoms with E-state index in [0.29, 0.717) is 5.92 Å². The van der Waals surface area contributed by atoms with Crippen molar-refractivity contribution in [1.82, 2.24) is 4.40 Å². The summed E-state index contributed by atoms with van der Waals surface area (Å²) in [5.41, 5.74) is 8.34. The lowest BCUT2D eigenvalue weighted by Gasteiger charge is -2.17. The molecule has 1 aliphatic carbocycles. The highest BCUT2D eigenvalue weighted by molar-refractivity contribution is 6.28. The van der Waals surface area contributed by atoms with E-state index in [0.717, 1.165) is 0 Å². The van der Waals surface area contributed by atoms with Gasteiger partial charge in [0.1, 0.15) is 7.05 Å². The van der Waals surface area contributed by atoms with Crippen LogP contribution < -0.4 is 4.57 Å². The van der Waals surface area contributed by atoms with Crippen LogP contribution in [0.25, 0.3) is 49.0 Å². The molecular weight excluding hydrogens is 364 g/mol. The Morgan fingerprint density at radius 2 is 1.67 bits per heavy atom. The van der Waals surface area contributed by atoms with E-state index in [2.05, 4.69) is 83.7 Å². The van der Waals surface area contributed by atoms with Gasteiger partial charge in [-0.25, -0.2) is 4.57 Å². The van der Waals surface area contributed by atoms with Crippen molar-refractivity contribution in [2.24, 2.45) is 7.05 Å². The third kappa shape index (κ3) is 1.92. The number of aryl methyl sites for hydroxylation is 2. The van der Waals surface area contributed by atoms with Crippen LogP contribution in [0.5, 0.6) is 0 Å². The highest BCUT2D eigenvalue weighted by Gasteiger charge is 2.28. The largest absolute Gasteiger partial charge is 0.307 e. The molecule has 146 valence electrons. The zero-order valence-electron chi connectivity index (χ0n) is 17.6. The van der Waals surface area contributed by atoms with Gasteiger partial charge in [-0.15, -0.1) is 0 Å². The molecule has 0 aliphatic heterocycles. The van der Waals surface area contributed by atoms with E-state index in [9.17, 15) is 0 Å². The number of rotatable bonds is 1. The first-order valence-corrected chi connectivity index (χ1v) is 11.2. The van der Waals surface area contributed by atoms with Gasteiger partial charge in [0, 0.05) is 16.8 Å². The van der Waals surface area contributed by atoms with Gasteiger partial charge in [-0.3, -0.25) is 0 Å². The number of nitrogens with zero attached hydrogens (tertiary/aromatic N) is 2. The van der Waals surface area contributed by atoms with Crippen LogP contribution in [-0.4, -0.2) is 4.40 Å². The minimum atomic E-state index is 0.685. The van der Waals surface area contributed by atoms with E-state index in [4.69, 9.17) is 0 Å². The lowest BCUT2D eigenvalue weighted by Crippen LogP contribution is -2.29. The first kappa shape index (κ1) is 16.6. The molecule has 0 spiro atoms. The number of aromatic nitrogens is 2. The van der Waals surface area contributed by atoms with E-state index >= 15 is 0 Å². The zero-order valence-corrected chi connectivity index (χ0v) is 17.6. The molecule has 3 aromatic heterocycles. The van der Waals surface area contributed by atoms with Crippen LogP contribution in [0.4, 0.5) is 0 Å². The van der Waals surface area contributed by atoms with E-state index in [1.54, 1.807) is 5.56 Å². The molecule has 1 fully saturated rings. The summed E-state index contributed by atoms with van der Waals surface area (Å²) in [5, 5.41) is 7.06. The number of pyridine rings is 2. The molecule has 0 amide bonds. The van der Waals surface area contributed by atoms with Crippen LogP contribution in [0.2, 0.25) is 0 Å². The zero-order chi connectivity index (χ0) is 20.0. The molecule has 0 radical (unpaired) electrons. The van der Waals surface area contributed by atoms with Crippen molar-refractivity contribution in [3.8, 4) is 0 Å². The quantitative estimate of drug-likeness (QED) is 0.166. The SMILES string of the molecule is Cc1cccc2c1c1c3c(cc[n+]1C)cc(C1CCCC1)c1c4ccccc4n2c13. The van der Waals surface area contributed by atoms with Crippen LogP contribution in [0.3, 0.4) is 0 Å². The molecule has 2 heteroatoms. The molecule has 0 saturated heterocycles. The summed E-state index contributed by atoms with van der Waals surface area (Å²) < 4.78 is 4.88. The molecule has 3 aromatic carbocycles. The molecule has 0 N–H and O–H groups in total. The van der Waals surface area contributed by atoms with Crippen LogP contribution in [-0.2, 0) is 7.05 Å². The first-order valence-electron chi connectivity index (χ1n) is 11.2. The Hall–Kier alpha value is -3.13. The normalized spacial score (nSPS) is 15.7. The van der Waals surface area contributed by atoms with Crippen LogP contribution in [0.1, 0.15) is 42.7 Å². The van der Waals surface area contributed by atoms with Crippen LogP contribution >= 0.6 is 0 Å². The Bertz CT molecular complexity index is 1610. The predicted molar refractivity (Wildman–Crippen MR) is 126 cm³/mol. The van der Waals surface area contributed by atoms with Gasteiger partial charge in [-0.1, -0.05) is 43.2 Å². The number of hydrogen-bond donors (Lipinski definition) is 0. The standard InChI is InChI=1S/C28H25N2/c1-17-8-7-13-23-24(17)27-25-19(14-15-29(27)2)16-21(18-9-3-4-10-18)26-20-11-5-6-12-22(20)30(23)28(25)26/h5-8,11-16,18H,3-4,9-10H2,1-2H3/q+1. The molecule has 0 bridgehead atoms. The molecule has 3 heterocycles. The Kier molecular flexibility index (Phi) is 3.18. The lowest BCUT2D eigenvalue weighted by atomic mass is 9.89. The minimum Gasteiger partial charge on any atom is -0.307 e. The fourth-order valence-electron chi connectivity index (χ4n) is 6.30. The summed E-state index contributed by atoms with van der Waals surface area (Å²) in [6, 6.07) is 20.6. The number of hydrogen-bond acceptors (Lipinski definition) is 0. The second-order valence-electron chi connectivity index (χ2n) is 9.23. The topological polar surface area (TPSA) is 8.29 Å². The third-order valence-electron chi connectivity index (χ3n) is 7.59. The lowest BCUT2D eigenvalue weighted by molar-refractivity contribution is -0.643. The second kappa shape index (κ2) is 5.72.